The molecule has 0 spiro atoms. The Morgan fingerprint density at radius 1 is 1.06 bits per heavy atom. The van der Waals surface area contributed by atoms with E-state index >= 15 is 0 Å². The molecular weight excluding hydrogens is 451 g/mol. The van der Waals surface area contributed by atoms with Gasteiger partial charge in [0, 0.05) is 10.6 Å². The Kier molecular flexibility index (Phi) is 5.00. The van der Waals surface area contributed by atoms with Gasteiger partial charge in [0.25, 0.3) is 5.91 Å². The number of aliphatic hydroxyl groups excluding tert-OH is 1. The highest BCUT2D eigenvalue weighted by Crippen LogP contribution is 2.44. The summed E-state index contributed by atoms with van der Waals surface area (Å²) in [5.41, 5.74) is 1.39. The summed E-state index contributed by atoms with van der Waals surface area (Å²) >= 11 is 7.14. The third-order valence-electron chi connectivity index (χ3n) is 5.22. The van der Waals surface area contributed by atoms with Gasteiger partial charge in [-0.3, -0.25) is 14.5 Å². The van der Waals surface area contributed by atoms with E-state index < -0.39 is 29.3 Å². The first-order chi connectivity index (χ1) is 15.4. The maximum Gasteiger partial charge on any atom is 0.296 e. The molecule has 1 amide bonds. The van der Waals surface area contributed by atoms with Crippen LogP contribution in [0.1, 0.15) is 22.0 Å². The summed E-state index contributed by atoms with van der Waals surface area (Å²) < 4.78 is 14.2. The van der Waals surface area contributed by atoms with E-state index in [9.17, 15) is 19.1 Å². The highest BCUT2D eigenvalue weighted by Gasteiger charge is 2.45. The standard InChI is InChI=1S/C24H14ClFN2O3S/c25-15-8-6-13(7-9-15)20-19(21(29)14-4-2-1-3-5-14)22(30)23(31)28(20)24-27-17-11-10-16(26)12-18(17)32-24/h1-12,20,30H. The average Bonchev–Trinajstić information content (AvgIpc) is 3.32. The minimum absolute atomic E-state index is 0.0473. The van der Waals surface area contributed by atoms with Gasteiger partial charge >= 0.3 is 0 Å². The lowest BCUT2D eigenvalue weighted by molar-refractivity contribution is -0.117. The van der Waals surface area contributed by atoms with Gasteiger partial charge in [-0.05, 0) is 35.9 Å². The Labute approximate surface area is 191 Å². The van der Waals surface area contributed by atoms with Crippen molar-refractivity contribution in [2.75, 3.05) is 4.90 Å². The van der Waals surface area contributed by atoms with Gasteiger partial charge in [0.1, 0.15) is 5.82 Å². The molecule has 0 saturated heterocycles. The van der Waals surface area contributed by atoms with Crippen LogP contribution in [0.5, 0.6) is 0 Å². The molecule has 1 aliphatic rings. The van der Waals surface area contributed by atoms with E-state index in [4.69, 9.17) is 11.6 Å². The number of aliphatic hydroxyl groups is 1. The van der Waals surface area contributed by atoms with Gasteiger partial charge in [0.05, 0.1) is 21.8 Å². The van der Waals surface area contributed by atoms with E-state index in [1.54, 1.807) is 54.6 Å². The second-order valence-corrected chi connectivity index (χ2v) is 8.64. The molecule has 3 aromatic carbocycles. The number of Topliss-reactive ketones (excluding diaryl/α,β-unsaturated/α-hetero) is 1. The number of carbonyl (C=O) groups excluding carboxylic acids is 2. The molecule has 5 nitrogen and oxygen atoms in total. The first-order valence-corrected chi connectivity index (χ1v) is 10.8. The van der Waals surface area contributed by atoms with E-state index in [1.165, 1.54) is 23.1 Å². The number of hydrogen-bond donors (Lipinski definition) is 1. The van der Waals surface area contributed by atoms with E-state index in [-0.39, 0.29) is 10.7 Å². The average molecular weight is 465 g/mol. The van der Waals surface area contributed by atoms with Crippen LogP contribution < -0.4 is 4.90 Å². The molecule has 0 radical (unpaired) electrons. The molecule has 158 valence electrons. The molecule has 2 heterocycles. The van der Waals surface area contributed by atoms with Crippen LogP contribution in [0.2, 0.25) is 5.02 Å². The van der Waals surface area contributed by atoms with Crippen molar-refractivity contribution in [3.05, 3.63) is 106 Å². The second-order valence-electron chi connectivity index (χ2n) is 7.20. The highest BCUT2D eigenvalue weighted by molar-refractivity contribution is 7.22. The van der Waals surface area contributed by atoms with Crippen molar-refractivity contribution in [1.29, 1.82) is 0 Å². The number of halogens is 2. The number of ketones is 1. The van der Waals surface area contributed by atoms with Crippen LogP contribution >= 0.6 is 22.9 Å². The number of anilines is 1. The van der Waals surface area contributed by atoms with Gasteiger partial charge in [0.2, 0.25) is 0 Å². The van der Waals surface area contributed by atoms with Crippen molar-refractivity contribution in [1.82, 2.24) is 4.98 Å². The van der Waals surface area contributed by atoms with Crippen molar-refractivity contribution in [2.24, 2.45) is 0 Å². The summed E-state index contributed by atoms with van der Waals surface area (Å²) in [6, 6.07) is 18.3. The number of aromatic nitrogens is 1. The van der Waals surface area contributed by atoms with Gasteiger partial charge in [-0.2, -0.15) is 0 Å². The van der Waals surface area contributed by atoms with Crippen LogP contribution in [0.4, 0.5) is 9.52 Å². The Bertz CT molecular complexity index is 1400. The molecule has 1 aromatic heterocycles. The molecule has 0 bridgehead atoms. The fourth-order valence-corrected chi connectivity index (χ4v) is 4.87. The number of benzene rings is 3. The van der Waals surface area contributed by atoms with Crippen molar-refractivity contribution < 1.29 is 19.1 Å². The van der Waals surface area contributed by atoms with E-state index in [2.05, 4.69) is 4.98 Å². The zero-order valence-corrected chi connectivity index (χ0v) is 17.9. The molecule has 1 aliphatic heterocycles. The molecule has 4 aromatic rings. The van der Waals surface area contributed by atoms with Crippen LogP contribution in [-0.4, -0.2) is 21.8 Å². The number of carbonyl (C=O) groups is 2. The predicted molar refractivity (Wildman–Crippen MR) is 122 cm³/mol. The summed E-state index contributed by atoms with van der Waals surface area (Å²) in [7, 11) is 0. The number of hydrogen-bond acceptors (Lipinski definition) is 5. The molecule has 1 N–H and O–H groups in total. The van der Waals surface area contributed by atoms with Crippen LogP contribution in [-0.2, 0) is 4.79 Å². The number of thiazole rings is 1. The Morgan fingerprint density at radius 2 is 1.78 bits per heavy atom. The molecule has 5 rings (SSSR count). The van der Waals surface area contributed by atoms with Crippen LogP contribution in [0.15, 0.2) is 84.1 Å². The van der Waals surface area contributed by atoms with Gasteiger partial charge in [-0.15, -0.1) is 0 Å². The SMILES string of the molecule is O=C(C1=C(O)C(=O)N(c2nc3ccc(F)cc3s2)C1c1ccc(Cl)cc1)c1ccccc1. The predicted octanol–water partition coefficient (Wildman–Crippen LogP) is 5.87. The normalized spacial score (nSPS) is 16.2. The lowest BCUT2D eigenvalue weighted by Gasteiger charge is -2.24. The second kappa shape index (κ2) is 7.85. The first-order valence-electron chi connectivity index (χ1n) is 9.62. The lowest BCUT2D eigenvalue weighted by Crippen LogP contribution is -2.30. The van der Waals surface area contributed by atoms with Crippen molar-refractivity contribution >= 4 is 50.0 Å². The Balaban J connectivity index is 1.68. The van der Waals surface area contributed by atoms with Gasteiger partial charge in [0.15, 0.2) is 16.7 Å². The molecule has 0 saturated carbocycles. The monoisotopic (exact) mass is 464 g/mol. The largest absolute Gasteiger partial charge is 0.503 e. The zero-order chi connectivity index (χ0) is 22.4. The van der Waals surface area contributed by atoms with E-state index in [0.29, 0.717) is 26.4 Å². The first kappa shape index (κ1) is 20.4. The number of nitrogens with zero attached hydrogens (tertiary/aromatic N) is 2. The third kappa shape index (κ3) is 3.36. The summed E-state index contributed by atoms with van der Waals surface area (Å²) in [4.78, 5) is 32.3. The molecule has 0 fully saturated rings. The maximum atomic E-state index is 13.7. The molecule has 0 aliphatic carbocycles. The fraction of sp³-hybridized carbons (Fsp3) is 0.0417. The quantitative estimate of drug-likeness (QED) is 0.383. The van der Waals surface area contributed by atoms with Gasteiger partial charge < -0.3 is 5.11 Å². The summed E-state index contributed by atoms with van der Waals surface area (Å²) in [5.74, 6) is -2.27. The topological polar surface area (TPSA) is 70.5 Å². The van der Waals surface area contributed by atoms with Gasteiger partial charge in [-0.1, -0.05) is 65.4 Å². The van der Waals surface area contributed by atoms with Gasteiger partial charge in [-0.25, -0.2) is 9.37 Å². The number of amides is 1. The number of fused-ring (bicyclic) bond motifs is 1. The van der Waals surface area contributed by atoms with Crippen LogP contribution in [0, 0.1) is 5.82 Å². The van der Waals surface area contributed by atoms with E-state index in [0.717, 1.165) is 11.3 Å². The van der Waals surface area contributed by atoms with Crippen molar-refractivity contribution in [3.8, 4) is 0 Å². The Hall–Kier alpha value is -3.55. The lowest BCUT2D eigenvalue weighted by atomic mass is 9.93. The fourth-order valence-electron chi connectivity index (χ4n) is 3.73. The highest BCUT2D eigenvalue weighted by atomic mass is 35.5. The number of rotatable bonds is 4. The third-order valence-corrected chi connectivity index (χ3v) is 6.49. The van der Waals surface area contributed by atoms with E-state index in [1.807, 2.05) is 0 Å². The molecule has 1 unspecified atom stereocenters. The van der Waals surface area contributed by atoms with Crippen molar-refractivity contribution in [2.45, 2.75) is 6.04 Å². The summed E-state index contributed by atoms with van der Waals surface area (Å²) in [6.07, 6.45) is 0. The molecular formula is C24H14ClFN2O3S. The maximum absolute atomic E-state index is 13.7. The molecule has 32 heavy (non-hydrogen) atoms. The smallest absolute Gasteiger partial charge is 0.296 e. The molecule has 1 atom stereocenters. The Morgan fingerprint density at radius 3 is 2.50 bits per heavy atom. The zero-order valence-electron chi connectivity index (χ0n) is 16.3. The van der Waals surface area contributed by atoms with Crippen LogP contribution in [0.3, 0.4) is 0 Å². The molecule has 8 heteroatoms. The minimum Gasteiger partial charge on any atom is -0.503 e. The van der Waals surface area contributed by atoms with Crippen LogP contribution in [0.25, 0.3) is 10.2 Å². The minimum atomic E-state index is -0.919. The summed E-state index contributed by atoms with van der Waals surface area (Å²) in [5, 5.41) is 11.5. The summed E-state index contributed by atoms with van der Waals surface area (Å²) in [6.45, 7) is 0. The van der Waals surface area contributed by atoms with Crippen molar-refractivity contribution in [3.63, 3.8) is 0 Å².